The summed E-state index contributed by atoms with van der Waals surface area (Å²) in [4.78, 5) is 4.35. The van der Waals surface area contributed by atoms with Crippen LogP contribution in [-0.4, -0.2) is 44.2 Å². The number of nitrogens with zero attached hydrogens (tertiary/aromatic N) is 2. The highest BCUT2D eigenvalue weighted by Gasteiger charge is 2.13. The van der Waals surface area contributed by atoms with Crippen LogP contribution in [0.2, 0.25) is 0 Å². The van der Waals surface area contributed by atoms with Crippen LogP contribution < -0.4 is 21.3 Å². The van der Waals surface area contributed by atoms with Crippen molar-refractivity contribution in [1.82, 2.24) is 0 Å². The topological polar surface area (TPSA) is 88.0 Å². The van der Waals surface area contributed by atoms with Crippen LogP contribution in [0.25, 0.3) is 0 Å². The third kappa shape index (κ3) is 9.07. The predicted octanol–water partition coefficient (Wildman–Crippen LogP) is 4.65. The molecule has 0 radical (unpaired) electrons. The van der Waals surface area contributed by atoms with E-state index in [4.69, 9.17) is 21.3 Å². The molecule has 0 aliphatic heterocycles. The van der Waals surface area contributed by atoms with E-state index in [0.717, 1.165) is 48.7 Å². The average molecular weight is 431 g/mol. The Morgan fingerprint density at radius 1 is 0.968 bits per heavy atom. The van der Waals surface area contributed by atoms with E-state index in [1.54, 1.807) is 0 Å². The van der Waals surface area contributed by atoms with Crippen molar-refractivity contribution >= 4 is 22.7 Å². The highest BCUT2D eigenvalue weighted by molar-refractivity contribution is 5.58. The van der Waals surface area contributed by atoms with E-state index in [2.05, 4.69) is 49.6 Å². The third-order valence-corrected chi connectivity index (χ3v) is 5.23. The molecule has 5 N–H and O–H groups in total. The standard InChI is InChI=1S/C15H26N2O.C10H16N2O/c1-5-7-10-18-13(4)17(6-2)14-8-9-15(16)12(3)11-14;1-2-12(7-8-13)10-5-3-9(11)4-6-10/h8-9,11,13H,5-7,10,16H2,1-4H3;3-6,13H,2,7-8,11H2,1H3. The summed E-state index contributed by atoms with van der Waals surface area (Å²) in [5.74, 6) is 0. The van der Waals surface area contributed by atoms with Crippen LogP contribution in [0.4, 0.5) is 22.7 Å². The number of unbranched alkanes of at least 4 members (excludes halogenated alkanes) is 1. The number of benzene rings is 2. The molecular weight excluding hydrogens is 388 g/mol. The molecule has 2 rings (SSSR count). The van der Waals surface area contributed by atoms with Crippen molar-refractivity contribution in [1.29, 1.82) is 0 Å². The van der Waals surface area contributed by atoms with Gasteiger partial charge in [0.1, 0.15) is 6.23 Å². The quantitative estimate of drug-likeness (QED) is 0.273. The fraction of sp³-hybridized carbons (Fsp3) is 0.520. The Morgan fingerprint density at radius 3 is 2.13 bits per heavy atom. The highest BCUT2D eigenvalue weighted by Crippen LogP contribution is 2.22. The zero-order chi connectivity index (χ0) is 23.2. The number of aliphatic hydroxyl groups excluding tert-OH is 1. The van der Waals surface area contributed by atoms with Gasteiger partial charge in [0.2, 0.25) is 0 Å². The monoisotopic (exact) mass is 430 g/mol. The van der Waals surface area contributed by atoms with Gasteiger partial charge in [0, 0.05) is 49.0 Å². The Balaban J connectivity index is 0.000000327. The minimum Gasteiger partial charge on any atom is -0.399 e. The Bertz CT molecular complexity index is 737. The molecule has 174 valence electrons. The number of likely N-dealkylation sites (N-methyl/N-ethyl adjacent to an activating group) is 1. The van der Waals surface area contributed by atoms with E-state index in [-0.39, 0.29) is 12.8 Å². The summed E-state index contributed by atoms with van der Waals surface area (Å²) >= 11 is 0. The van der Waals surface area contributed by atoms with Gasteiger partial charge in [0.15, 0.2) is 0 Å². The van der Waals surface area contributed by atoms with Crippen LogP contribution in [-0.2, 0) is 4.74 Å². The molecule has 0 saturated carbocycles. The Labute approximate surface area is 188 Å². The molecule has 0 saturated heterocycles. The molecule has 0 spiro atoms. The minimum atomic E-state index is 0.101. The SMILES string of the molecule is CCCCOC(C)N(CC)c1ccc(N)c(C)c1.CCN(CCO)c1ccc(N)cc1. The fourth-order valence-electron chi connectivity index (χ4n) is 3.25. The summed E-state index contributed by atoms with van der Waals surface area (Å²) in [6.07, 6.45) is 2.38. The first-order valence-electron chi connectivity index (χ1n) is 11.3. The van der Waals surface area contributed by atoms with Crippen molar-refractivity contribution < 1.29 is 9.84 Å². The van der Waals surface area contributed by atoms with E-state index in [0.29, 0.717) is 6.54 Å². The maximum Gasteiger partial charge on any atom is 0.127 e. The molecular formula is C25H42N4O2. The molecule has 0 heterocycles. The lowest BCUT2D eigenvalue weighted by atomic mass is 10.1. The van der Waals surface area contributed by atoms with Gasteiger partial charge in [-0.25, -0.2) is 0 Å². The first-order chi connectivity index (χ1) is 14.9. The molecule has 0 aromatic heterocycles. The summed E-state index contributed by atoms with van der Waals surface area (Å²) in [6.45, 7) is 14.0. The number of aliphatic hydroxyl groups is 1. The van der Waals surface area contributed by atoms with Gasteiger partial charge in [-0.05, 0) is 82.1 Å². The first-order valence-corrected chi connectivity index (χ1v) is 11.3. The van der Waals surface area contributed by atoms with E-state index >= 15 is 0 Å². The molecule has 0 fully saturated rings. The van der Waals surface area contributed by atoms with E-state index < -0.39 is 0 Å². The molecule has 1 unspecified atom stereocenters. The maximum atomic E-state index is 8.82. The second-order valence-corrected chi connectivity index (χ2v) is 7.55. The van der Waals surface area contributed by atoms with Crippen molar-refractivity contribution in [2.24, 2.45) is 0 Å². The van der Waals surface area contributed by atoms with Gasteiger partial charge in [-0.2, -0.15) is 0 Å². The molecule has 0 bridgehead atoms. The van der Waals surface area contributed by atoms with Gasteiger partial charge < -0.3 is 31.1 Å². The van der Waals surface area contributed by atoms with E-state index in [1.165, 1.54) is 12.1 Å². The van der Waals surface area contributed by atoms with Crippen LogP contribution in [0, 0.1) is 6.92 Å². The predicted molar refractivity (Wildman–Crippen MR) is 135 cm³/mol. The van der Waals surface area contributed by atoms with Gasteiger partial charge >= 0.3 is 0 Å². The largest absolute Gasteiger partial charge is 0.399 e. The summed E-state index contributed by atoms with van der Waals surface area (Å²) in [6, 6.07) is 13.8. The van der Waals surface area contributed by atoms with Gasteiger partial charge in [0.25, 0.3) is 0 Å². The van der Waals surface area contributed by atoms with E-state index in [9.17, 15) is 0 Å². The number of nitrogen functional groups attached to an aromatic ring is 2. The molecule has 6 heteroatoms. The molecule has 2 aromatic rings. The first kappa shape index (κ1) is 26.6. The lowest BCUT2D eigenvalue weighted by Crippen LogP contribution is -2.35. The van der Waals surface area contributed by atoms with Crippen molar-refractivity contribution in [3.05, 3.63) is 48.0 Å². The molecule has 0 aliphatic carbocycles. The lowest BCUT2D eigenvalue weighted by molar-refractivity contribution is 0.0620. The molecule has 1 atom stereocenters. The minimum absolute atomic E-state index is 0.101. The molecule has 0 amide bonds. The van der Waals surface area contributed by atoms with Crippen molar-refractivity contribution in [2.45, 2.75) is 53.7 Å². The summed E-state index contributed by atoms with van der Waals surface area (Å²) in [7, 11) is 0. The van der Waals surface area contributed by atoms with Crippen LogP contribution in [0.5, 0.6) is 0 Å². The van der Waals surface area contributed by atoms with Gasteiger partial charge in [-0.15, -0.1) is 0 Å². The second kappa shape index (κ2) is 14.5. The van der Waals surface area contributed by atoms with Crippen molar-refractivity contribution in [2.75, 3.05) is 54.1 Å². The Kier molecular flexibility index (Phi) is 12.5. The molecule has 31 heavy (non-hydrogen) atoms. The number of rotatable bonds is 11. The zero-order valence-electron chi connectivity index (χ0n) is 20.0. The van der Waals surface area contributed by atoms with Crippen LogP contribution in [0.3, 0.4) is 0 Å². The number of hydrogen-bond acceptors (Lipinski definition) is 6. The second-order valence-electron chi connectivity index (χ2n) is 7.55. The molecule has 6 nitrogen and oxygen atoms in total. The number of aryl methyl sites for hydroxylation is 1. The number of nitrogens with two attached hydrogens (primary N) is 2. The van der Waals surface area contributed by atoms with Crippen LogP contribution >= 0.6 is 0 Å². The number of hydrogen-bond donors (Lipinski definition) is 3. The fourth-order valence-corrected chi connectivity index (χ4v) is 3.25. The zero-order valence-corrected chi connectivity index (χ0v) is 20.0. The summed E-state index contributed by atoms with van der Waals surface area (Å²) < 4.78 is 5.85. The van der Waals surface area contributed by atoms with Gasteiger partial charge in [-0.1, -0.05) is 13.3 Å². The van der Waals surface area contributed by atoms with Gasteiger partial charge in [0.05, 0.1) is 6.61 Å². The number of ether oxygens (including phenoxy) is 1. The molecule has 0 aliphatic rings. The Morgan fingerprint density at radius 2 is 1.61 bits per heavy atom. The van der Waals surface area contributed by atoms with Crippen molar-refractivity contribution in [3.8, 4) is 0 Å². The van der Waals surface area contributed by atoms with Gasteiger partial charge in [-0.3, -0.25) is 0 Å². The van der Waals surface area contributed by atoms with E-state index in [1.807, 2.05) is 37.3 Å². The van der Waals surface area contributed by atoms with Crippen LogP contribution in [0.1, 0.15) is 46.1 Å². The average Bonchev–Trinajstić information content (AvgIpc) is 2.76. The summed E-state index contributed by atoms with van der Waals surface area (Å²) in [5.41, 5.74) is 16.4. The van der Waals surface area contributed by atoms with Crippen LogP contribution in [0.15, 0.2) is 42.5 Å². The lowest BCUT2D eigenvalue weighted by Gasteiger charge is -2.30. The highest BCUT2D eigenvalue weighted by atomic mass is 16.5. The number of anilines is 4. The normalized spacial score (nSPS) is 11.4. The third-order valence-electron chi connectivity index (χ3n) is 5.23. The smallest absolute Gasteiger partial charge is 0.127 e. The summed E-state index contributed by atoms with van der Waals surface area (Å²) in [5, 5.41) is 8.82. The maximum absolute atomic E-state index is 8.82. The molecule has 2 aromatic carbocycles. The Hall–Kier alpha value is -2.44. The van der Waals surface area contributed by atoms with Crippen molar-refractivity contribution in [3.63, 3.8) is 0 Å².